The van der Waals surface area contributed by atoms with E-state index in [0.29, 0.717) is 43.9 Å². The number of hydrogen-bond donors (Lipinski definition) is 2. The maximum absolute atomic E-state index is 12.4. The third kappa shape index (κ3) is 1.84. The molecule has 1 aromatic rings. The summed E-state index contributed by atoms with van der Waals surface area (Å²) in [5.74, 6) is -0.457. The molecule has 0 aromatic heterocycles. The summed E-state index contributed by atoms with van der Waals surface area (Å²) in [5, 5.41) is 14.0. The van der Waals surface area contributed by atoms with Gasteiger partial charge >= 0.3 is 0 Å². The van der Waals surface area contributed by atoms with Crippen molar-refractivity contribution < 1.29 is 19.4 Å². The lowest BCUT2D eigenvalue weighted by Crippen LogP contribution is -2.50. The van der Waals surface area contributed by atoms with Crippen LogP contribution in [-0.4, -0.2) is 36.4 Å². The summed E-state index contributed by atoms with van der Waals surface area (Å²) in [6, 6.07) is 7.39. The molecular formula is C16H19NO4. The lowest BCUT2D eigenvalue weighted by molar-refractivity contribution is -0.161. The molecule has 1 aromatic carbocycles. The number of carbonyl (C=O) groups excluding carboxylic acids is 1. The van der Waals surface area contributed by atoms with Crippen LogP contribution in [0.15, 0.2) is 24.3 Å². The van der Waals surface area contributed by atoms with Crippen LogP contribution in [0.3, 0.4) is 0 Å². The Morgan fingerprint density at radius 3 is 2.95 bits per heavy atom. The first-order valence-electron chi connectivity index (χ1n) is 7.49. The van der Waals surface area contributed by atoms with Crippen molar-refractivity contribution in [3.05, 3.63) is 29.8 Å². The van der Waals surface area contributed by atoms with Crippen LogP contribution in [0.5, 0.6) is 0 Å². The molecule has 1 amide bonds. The minimum Gasteiger partial charge on any atom is -0.378 e. The lowest BCUT2D eigenvalue weighted by Gasteiger charge is -2.42. The molecule has 3 aliphatic heterocycles. The van der Waals surface area contributed by atoms with Crippen LogP contribution in [0.25, 0.3) is 0 Å². The number of anilines is 1. The van der Waals surface area contributed by atoms with Crippen LogP contribution in [0.2, 0.25) is 0 Å². The Bertz CT molecular complexity index is 581. The second kappa shape index (κ2) is 4.53. The average molecular weight is 289 g/mol. The first-order chi connectivity index (χ1) is 10.1. The van der Waals surface area contributed by atoms with E-state index in [2.05, 4.69) is 5.32 Å². The van der Waals surface area contributed by atoms with Crippen molar-refractivity contribution in [1.82, 2.24) is 0 Å². The fourth-order valence-electron chi connectivity index (χ4n) is 3.92. The number of ether oxygens (including phenoxy) is 2. The molecule has 3 atom stereocenters. The van der Waals surface area contributed by atoms with Gasteiger partial charge in [-0.1, -0.05) is 18.2 Å². The van der Waals surface area contributed by atoms with E-state index in [4.69, 9.17) is 9.47 Å². The van der Waals surface area contributed by atoms with Gasteiger partial charge in [0.25, 0.3) is 5.91 Å². The lowest BCUT2D eigenvalue weighted by atomic mass is 9.73. The van der Waals surface area contributed by atoms with E-state index in [1.807, 2.05) is 24.3 Å². The summed E-state index contributed by atoms with van der Waals surface area (Å²) in [7, 11) is 0. The molecule has 4 rings (SSSR count). The fraction of sp³-hybridized carbons (Fsp3) is 0.562. The Labute approximate surface area is 123 Å². The van der Waals surface area contributed by atoms with Crippen LogP contribution in [0.4, 0.5) is 5.69 Å². The number of hydrogen-bond acceptors (Lipinski definition) is 4. The predicted octanol–water partition coefficient (Wildman–Crippen LogP) is 1.41. The summed E-state index contributed by atoms with van der Waals surface area (Å²) >= 11 is 0. The molecule has 112 valence electrons. The van der Waals surface area contributed by atoms with Gasteiger partial charge in [-0.15, -0.1) is 0 Å². The van der Waals surface area contributed by atoms with Crippen molar-refractivity contribution in [2.24, 2.45) is 5.92 Å². The van der Waals surface area contributed by atoms with E-state index in [0.717, 1.165) is 6.42 Å². The van der Waals surface area contributed by atoms with Gasteiger partial charge in [0.1, 0.15) is 0 Å². The van der Waals surface area contributed by atoms with Crippen molar-refractivity contribution in [3.8, 4) is 0 Å². The van der Waals surface area contributed by atoms with Gasteiger partial charge in [-0.3, -0.25) is 4.79 Å². The molecule has 5 nitrogen and oxygen atoms in total. The number of fused-ring (bicyclic) bond motifs is 1. The van der Waals surface area contributed by atoms with Crippen molar-refractivity contribution >= 4 is 11.6 Å². The summed E-state index contributed by atoms with van der Waals surface area (Å²) in [4.78, 5) is 12.4. The minimum absolute atomic E-state index is 0.142. The smallest absolute Gasteiger partial charge is 0.261 e. The first kappa shape index (κ1) is 13.2. The normalized spacial score (nSPS) is 38.5. The van der Waals surface area contributed by atoms with E-state index in [1.54, 1.807) is 0 Å². The molecule has 0 aliphatic carbocycles. The molecule has 5 heteroatoms. The minimum atomic E-state index is -1.45. The zero-order valence-corrected chi connectivity index (χ0v) is 11.8. The fourth-order valence-corrected chi connectivity index (χ4v) is 3.92. The Hall–Kier alpha value is -1.43. The third-order valence-electron chi connectivity index (χ3n) is 5.08. The Kier molecular flexibility index (Phi) is 2.86. The number of benzene rings is 1. The van der Waals surface area contributed by atoms with Crippen LogP contribution in [0.1, 0.15) is 24.8 Å². The van der Waals surface area contributed by atoms with E-state index in [1.165, 1.54) is 0 Å². The summed E-state index contributed by atoms with van der Waals surface area (Å²) in [6.07, 6.45) is 2.17. The molecule has 2 saturated heterocycles. The Balaban J connectivity index is 1.70. The third-order valence-corrected chi connectivity index (χ3v) is 5.08. The maximum atomic E-state index is 12.4. The molecule has 0 saturated carbocycles. The SMILES string of the molecule is O=C1Nc2ccccc2C1(O)C1CCOC2(CCOC2)C1. The highest BCUT2D eigenvalue weighted by Gasteiger charge is 2.55. The van der Waals surface area contributed by atoms with Crippen molar-refractivity contribution in [1.29, 1.82) is 0 Å². The highest BCUT2D eigenvalue weighted by atomic mass is 16.6. The Morgan fingerprint density at radius 2 is 2.14 bits per heavy atom. The molecule has 2 N–H and O–H groups in total. The number of rotatable bonds is 1. The highest BCUT2D eigenvalue weighted by molar-refractivity contribution is 6.05. The molecule has 3 aliphatic rings. The molecule has 1 spiro atoms. The van der Waals surface area contributed by atoms with E-state index < -0.39 is 5.60 Å². The number of aliphatic hydroxyl groups is 1. The second-order valence-corrected chi connectivity index (χ2v) is 6.29. The first-order valence-corrected chi connectivity index (χ1v) is 7.49. The van der Waals surface area contributed by atoms with Crippen LogP contribution in [0, 0.1) is 5.92 Å². The van der Waals surface area contributed by atoms with Gasteiger partial charge in [0.2, 0.25) is 0 Å². The number of carbonyl (C=O) groups is 1. The van der Waals surface area contributed by atoms with Crippen LogP contribution in [-0.2, 0) is 19.9 Å². The average Bonchev–Trinajstić information content (AvgIpc) is 3.04. The Morgan fingerprint density at radius 1 is 1.29 bits per heavy atom. The van der Waals surface area contributed by atoms with Crippen LogP contribution < -0.4 is 5.32 Å². The van der Waals surface area contributed by atoms with Crippen LogP contribution >= 0.6 is 0 Å². The molecule has 0 bridgehead atoms. The van der Waals surface area contributed by atoms with Gasteiger partial charge in [0.15, 0.2) is 5.60 Å². The topological polar surface area (TPSA) is 67.8 Å². The van der Waals surface area contributed by atoms with Gasteiger partial charge in [-0.05, 0) is 18.9 Å². The van der Waals surface area contributed by atoms with Crippen molar-refractivity contribution in [2.45, 2.75) is 30.5 Å². The largest absolute Gasteiger partial charge is 0.378 e. The van der Waals surface area contributed by atoms with E-state index >= 15 is 0 Å². The van der Waals surface area contributed by atoms with Gasteiger partial charge in [0.05, 0.1) is 12.2 Å². The zero-order valence-electron chi connectivity index (χ0n) is 11.8. The number of para-hydroxylation sites is 1. The molecule has 3 unspecified atom stereocenters. The molecule has 3 heterocycles. The van der Waals surface area contributed by atoms with Gasteiger partial charge in [-0.2, -0.15) is 0 Å². The molecule has 0 radical (unpaired) electrons. The van der Waals surface area contributed by atoms with Crippen molar-refractivity contribution in [2.75, 3.05) is 25.1 Å². The summed E-state index contributed by atoms with van der Waals surface area (Å²) in [5.41, 5.74) is -0.365. The predicted molar refractivity (Wildman–Crippen MR) is 75.8 cm³/mol. The monoisotopic (exact) mass is 289 g/mol. The second-order valence-electron chi connectivity index (χ2n) is 6.29. The van der Waals surface area contributed by atoms with Gasteiger partial charge in [0, 0.05) is 36.8 Å². The zero-order chi connectivity index (χ0) is 14.5. The number of amides is 1. The highest BCUT2D eigenvalue weighted by Crippen LogP contribution is 2.48. The maximum Gasteiger partial charge on any atom is 0.261 e. The molecular weight excluding hydrogens is 270 g/mol. The molecule has 2 fully saturated rings. The summed E-state index contributed by atoms with van der Waals surface area (Å²) in [6.45, 7) is 1.81. The standard InChI is InChI=1S/C16H19NO4/c18-14-16(19,12-3-1-2-4-13(12)17-14)11-5-7-21-15(9-11)6-8-20-10-15/h1-4,11,19H,5-10H2,(H,17,18). The quantitative estimate of drug-likeness (QED) is 0.820. The number of nitrogens with one attached hydrogen (secondary N) is 1. The van der Waals surface area contributed by atoms with E-state index in [-0.39, 0.29) is 17.4 Å². The van der Waals surface area contributed by atoms with Crippen molar-refractivity contribution in [3.63, 3.8) is 0 Å². The van der Waals surface area contributed by atoms with Gasteiger partial charge in [-0.25, -0.2) is 0 Å². The summed E-state index contributed by atoms with van der Waals surface area (Å²) < 4.78 is 11.4. The van der Waals surface area contributed by atoms with Gasteiger partial charge < -0.3 is 19.9 Å². The molecule has 21 heavy (non-hydrogen) atoms. The van der Waals surface area contributed by atoms with E-state index in [9.17, 15) is 9.90 Å².